The Bertz CT molecular complexity index is 538. The largest absolute Gasteiger partial charge is 0.507 e. The number of ether oxygens (including phenoxy) is 1. The number of phenols is 1. The number of hydrogen-bond donors (Lipinski definition) is 1. The molecular formula is C13H9IO3. The molecule has 0 atom stereocenters. The molecule has 2 aromatic carbocycles. The van der Waals surface area contributed by atoms with Gasteiger partial charge in [-0.05, 0) is 46.9 Å². The molecule has 2 rings (SSSR count). The van der Waals surface area contributed by atoms with Crippen molar-refractivity contribution in [1.29, 1.82) is 0 Å². The molecule has 0 amide bonds. The maximum Gasteiger partial charge on any atom is 0.343 e. The van der Waals surface area contributed by atoms with Crippen molar-refractivity contribution in [2.45, 2.75) is 0 Å². The standard InChI is InChI=1S/C13H9IO3/c14-11-7-6-10(8-12(11)15)17-13(16)9-4-2-1-3-5-9/h1-8,15H. The van der Waals surface area contributed by atoms with E-state index in [-0.39, 0.29) is 5.75 Å². The minimum absolute atomic E-state index is 0.101. The molecular weight excluding hydrogens is 331 g/mol. The maximum absolute atomic E-state index is 11.7. The molecule has 3 nitrogen and oxygen atoms in total. The molecule has 17 heavy (non-hydrogen) atoms. The molecule has 0 radical (unpaired) electrons. The van der Waals surface area contributed by atoms with E-state index in [1.165, 1.54) is 6.07 Å². The fourth-order valence-corrected chi connectivity index (χ4v) is 1.63. The highest BCUT2D eigenvalue weighted by molar-refractivity contribution is 14.1. The van der Waals surface area contributed by atoms with Crippen LogP contribution in [0.4, 0.5) is 0 Å². The molecule has 2 aromatic rings. The molecule has 0 spiro atoms. The molecule has 0 aromatic heterocycles. The molecule has 1 N–H and O–H groups in total. The number of carbonyl (C=O) groups is 1. The number of phenolic OH excluding ortho intramolecular Hbond substituents is 1. The zero-order chi connectivity index (χ0) is 12.3. The summed E-state index contributed by atoms with van der Waals surface area (Å²) in [6.07, 6.45) is 0. The normalized spacial score (nSPS) is 9.94. The van der Waals surface area contributed by atoms with E-state index in [2.05, 4.69) is 0 Å². The number of halogens is 1. The topological polar surface area (TPSA) is 46.5 Å². The first-order chi connectivity index (χ1) is 8.16. The van der Waals surface area contributed by atoms with Crippen LogP contribution in [0.2, 0.25) is 0 Å². The minimum Gasteiger partial charge on any atom is -0.507 e. The van der Waals surface area contributed by atoms with Gasteiger partial charge in [0.25, 0.3) is 0 Å². The summed E-state index contributed by atoms with van der Waals surface area (Å²) >= 11 is 2.00. The highest BCUT2D eigenvalue weighted by Crippen LogP contribution is 2.25. The van der Waals surface area contributed by atoms with Gasteiger partial charge in [0.2, 0.25) is 0 Å². The number of carbonyl (C=O) groups excluding carboxylic acids is 1. The van der Waals surface area contributed by atoms with Crippen molar-refractivity contribution >= 4 is 28.6 Å². The van der Waals surface area contributed by atoms with Crippen LogP contribution in [-0.4, -0.2) is 11.1 Å². The molecule has 0 aliphatic rings. The Hall–Kier alpha value is -1.56. The van der Waals surface area contributed by atoms with E-state index in [0.717, 1.165) is 0 Å². The average Bonchev–Trinajstić information content (AvgIpc) is 2.35. The Labute approximate surface area is 112 Å². The highest BCUT2D eigenvalue weighted by atomic mass is 127. The monoisotopic (exact) mass is 340 g/mol. The van der Waals surface area contributed by atoms with Crippen molar-refractivity contribution < 1.29 is 14.6 Å². The predicted molar refractivity (Wildman–Crippen MR) is 72.2 cm³/mol. The van der Waals surface area contributed by atoms with Crippen LogP contribution in [-0.2, 0) is 0 Å². The van der Waals surface area contributed by atoms with Crippen LogP contribution in [0.15, 0.2) is 48.5 Å². The Balaban J connectivity index is 2.16. The van der Waals surface area contributed by atoms with E-state index in [0.29, 0.717) is 14.9 Å². The van der Waals surface area contributed by atoms with Crippen molar-refractivity contribution in [3.05, 3.63) is 57.7 Å². The lowest BCUT2D eigenvalue weighted by Gasteiger charge is -2.05. The Morgan fingerprint density at radius 2 is 1.82 bits per heavy atom. The summed E-state index contributed by atoms with van der Waals surface area (Å²) in [7, 11) is 0. The number of esters is 1. The second-order valence-electron chi connectivity index (χ2n) is 3.37. The number of benzene rings is 2. The van der Waals surface area contributed by atoms with E-state index in [9.17, 15) is 9.90 Å². The lowest BCUT2D eigenvalue weighted by Crippen LogP contribution is -2.07. The van der Waals surface area contributed by atoms with Gasteiger partial charge in [0.1, 0.15) is 11.5 Å². The molecule has 0 unspecified atom stereocenters. The fourth-order valence-electron chi connectivity index (χ4n) is 1.30. The van der Waals surface area contributed by atoms with Crippen LogP contribution < -0.4 is 4.74 Å². The quantitative estimate of drug-likeness (QED) is 0.519. The second kappa shape index (κ2) is 5.18. The molecule has 0 fully saturated rings. The first-order valence-electron chi connectivity index (χ1n) is 4.92. The van der Waals surface area contributed by atoms with E-state index in [4.69, 9.17) is 4.74 Å². The number of rotatable bonds is 2. The predicted octanol–water partition coefficient (Wildman–Crippen LogP) is 3.22. The average molecular weight is 340 g/mol. The minimum atomic E-state index is -0.439. The Kier molecular flexibility index (Phi) is 3.63. The van der Waals surface area contributed by atoms with Crippen LogP contribution in [0.25, 0.3) is 0 Å². The molecule has 0 aliphatic carbocycles. The zero-order valence-corrected chi connectivity index (χ0v) is 10.9. The molecule has 0 heterocycles. The maximum atomic E-state index is 11.7. The van der Waals surface area contributed by atoms with Crippen molar-refractivity contribution in [3.63, 3.8) is 0 Å². The number of aromatic hydroxyl groups is 1. The second-order valence-corrected chi connectivity index (χ2v) is 4.53. The van der Waals surface area contributed by atoms with Crippen LogP contribution in [0, 0.1) is 3.57 Å². The van der Waals surface area contributed by atoms with Gasteiger partial charge in [-0.15, -0.1) is 0 Å². The van der Waals surface area contributed by atoms with Crippen molar-refractivity contribution in [2.75, 3.05) is 0 Å². The Morgan fingerprint density at radius 3 is 2.47 bits per heavy atom. The third kappa shape index (κ3) is 2.97. The van der Waals surface area contributed by atoms with E-state index in [1.54, 1.807) is 36.4 Å². The van der Waals surface area contributed by atoms with Gasteiger partial charge < -0.3 is 9.84 Å². The summed E-state index contributed by atoms with van der Waals surface area (Å²) in [6.45, 7) is 0. The summed E-state index contributed by atoms with van der Waals surface area (Å²) in [6, 6.07) is 13.5. The van der Waals surface area contributed by atoms with Gasteiger partial charge in [-0.1, -0.05) is 18.2 Å². The van der Waals surface area contributed by atoms with Gasteiger partial charge in [-0.25, -0.2) is 4.79 Å². The summed E-state index contributed by atoms with van der Waals surface area (Å²) in [5, 5.41) is 9.48. The van der Waals surface area contributed by atoms with Crippen LogP contribution >= 0.6 is 22.6 Å². The van der Waals surface area contributed by atoms with E-state index < -0.39 is 5.97 Å². The Morgan fingerprint density at radius 1 is 1.12 bits per heavy atom. The van der Waals surface area contributed by atoms with Gasteiger partial charge in [0.05, 0.1) is 9.13 Å². The molecule has 4 heteroatoms. The third-order valence-electron chi connectivity index (χ3n) is 2.14. The van der Waals surface area contributed by atoms with E-state index >= 15 is 0 Å². The van der Waals surface area contributed by atoms with Gasteiger partial charge in [-0.3, -0.25) is 0 Å². The van der Waals surface area contributed by atoms with Gasteiger partial charge in [0, 0.05) is 6.07 Å². The lowest BCUT2D eigenvalue weighted by molar-refractivity contribution is 0.0734. The zero-order valence-electron chi connectivity index (χ0n) is 8.76. The van der Waals surface area contributed by atoms with Crippen molar-refractivity contribution in [3.8, 4) is 11.5 Å². The summed E-state index contributed by atoms with van der Waals surface area (Å²) in [5.41, 5.74) is 0.477. The molecule has 86 valence electrons. The molecule has 0 saturated carbocycles. The van der Waals surface area contributed by atoms with Crippen LogP contribution in [0.5, 0.6) is 11.5 Å². The fraction of sp³-hybridized carbons (Fsp3) is 0. The van der Waals surface area contributed by atoms with Crippen LogP contribution in [0.3, 0.4) is 0 Å². The van der Waals surface area contributed by atoms with Gasteiger partial charge >= 0.3 is 5.97 Å². The molecule has 0 saturated heterocycles. The van der Waals surface area contributed by atoms with Crippen molar-refractivity contribution in [1.82, 2.24) is 0 Å². The number of hydrogen-bond acceptors (Lipinski definition) is 3. The van der Waals surface area contributed by atoms with E-state index in [1.807, 2.05) is 28.7 Å². The first kappa shape index (κ1) is 11.9. The lowest BCUT2D eigenvalue weighted by atomic mass is 10.2. The summed E-state index contributed by atoms with van der Waals surface area (Å²) < 4.78 is 5.84. The SMILES string of the molecule is O=C(Oc1ccc(I)c(O)c1)c1ccccc1. The van der Waals surface area contributed by atoms with Crippen molar-refractivity contribution in [2.24, 2.45) is 0 Å². The smallest absolute Gasteiger partial charge is 0.343 e. The third-order valence-corrected chi connectivity index (χ3v) is 3.05. The molecule has 0 bridgehead atoms. The van der Waals surface area contributed by atoms with Gasteiger partial charge in [-0.2, -0.15) is 0 Å². The first-order valence-corrected chi connectivity index (χ1v) is 6.00. The summed E-state index contributed by atoms with van der Waals surface area (Å²) in [4.78, 5) is 11.7. The van der Waals surface area contributed by atoms with Crippen LogP contribution in [0.1, 0.15) is 10.4 Å². The highest BCUT2D eigenvalue weighted by Gasteiger charge is 2.08. The van der Waals surface area contributed by atoms with Gasteiger partial charge in [0.15, 0.2) is 0 Å². The molecule has 0 aliphatic heterocycles. The summed E-state index contributed by atoms with van der Waals surface area (Å²) in [5.74, 6) is -0.00746.